The van der Waals surface area contributed by atoms with Gasteiger partial charge in [0.1, 0.15) is 17.9 Å². The summed E-state index contributed by atoms with van der Waals surface area (Å²) < 4.78 is 4.82. The van der Waals surface area contributed by atoms with E-state index in [1.54, 1.807) is 0 Å². The summed E-state index contributed by atoms with van der Waals surface area (Å²) in [6.07, 6.45) is 7.51. The fraction of sp³-hybridized carbons (Fsp3) is 0.467. The molecule has 3 aliphatic heterocycles. The largest absolute Gasteiger partial charge is 1.00 e. The number of carbonyl (C=O) groups excluding carboxylic acids is 2. The van der Waals surface area contributed by atoms with Crippen LogP contribution in [-0.4, -0.2) is 63.1 Å². The van der Waals surface area contributed by atoms with E-state index in [0.29, 0.717) is 12.6 Å². The third-order valence-corrected chi connectivity index (χ3v) is 12.3. The molecule has 12 heteroatoms. The third-order valence-electron chi connectivity index (χ3n) is 12.3. The predicted octanol–water partition coefficient (Wildman–Crippen LogP) is 4.78. The number of fused-ring (bicyclic) bond motifs is 1. The summed E-state index contributed by atoms with van der Waals surface area (Å²) in [5, 5.41) is 5.14. The van der Waals surface area contributed by atoms with Crippen molar-refractivity contribution >= 4 is 28.7 Å². The zero-order valence-corrected chi connectivity index (χ0v) is 34.8. The lowest BCUT2D eigenvalue weighted by molar-refractivity contribution is -0.677. The van der Waals surface area contributed by atoms with Crippen molar-refractivity contribution in [3.8, 4) is 11.3 Å². The third kappa shape index (κ3) is 8.14. The number of aromatic amines is 2. The lowest BCUT2D eigenvalue weighted by atomic mass is 9.87. The van der Waals surface area contributed by atoms with Gasteiger partial charge in [-0.15, -0.1) is 0 Å². The van der Waals surface area contributed by atoms with Crippen LogP contribution in [0.5, 0.6) is 0 Å². The molecule has 2 unspecified atom stereocenters. The van der Waals surface area contributed by atoms with Gasteiger partial charge in [0.2, 0.25) is 5.91 Å². The molecule has 3 saturated heterocycles. The van der Waals surface area contributed by atoms with Gasteiger partial charge >= 0.3 is 6.09 Å². The Hall–Kier alpha value is -4.87. The minimum atomic E-state index is -0.673. The van der Waals surface area contributed by atoms with Crippen LogP contribution in [0.25, 0.3) is 22.3 Å². The van der Waals surface area contributed by atoms with Gasteiger partial charge in [-0.3, -0.25) is 4.79 Å². The van der Waals surface area contributed by atoms with Gasteiger partial charge in [-0.2, -0.15) is 0 Å². The highest BCUT2D eigenvalue weighted by Gasteiger charge is 2.39. The average Bonchev–Trinajstić information content (AvgIpc) is 4.05. The molecule has 5 atom stereocenters. The highest BCUT2D eigenvalue weighted by Crippen LogP contribution is 2.48. The molecule has 2 amide bonds. The maximum absolute atomic E-state index is 13.8. The molecule has 0 spiro atoms. The summed E-state index contributed by atoms with van der Waals surface area (Å²) in [6.45, 7) is 12.4. The number of halogens is 1. The minimum Gasteiger partial charge on any atom is -1.00 e. The number of rotatable bonds is 9. The molecular formula is C45H57ClN8O3. The van der Waals surface area contributed by atoms with Crippen LogP contribution in [0.4, 0.5) is 10.5 Å². The Balaban J connectivity index is 0.00000496. The van der Waals surface area contributed by atoms with Crippen LogP contribution in [0, 0.1) is 5.92 Å². The second kappa shape index (κ2) is 16.5. The molecule has 8 rings (SSSR count). The van der Waals surface area contributed by atoms with Crippen LogP contribution in [0.3, 0.4) is 0 Å². The number of likely N-dealkylation sites (tertiary alicyclic amines) is 1. The van der Waals surface area contributed by atoms with E-state index in [9.17, 15) is 9.59 Å². The van der Waals surface area contributed by atoms with E-state index in [1.165, 1.54) is 48.9 Å². The molecule has 5 N–H and O–H groups in total. The van der Waals surface area contributed by atoms with E-state index in [0.717, 1.165) is 59.6 Å². The Labute approximate surface area is 342 Å². The molecule has 5 heterocycles. The first-order chi connectivity index (χ1) is 27.0. The molecule has 57 heavy (non-hydrogen) atoms. The minimum absolute atomic E-state index is 0. The van der Waals surface area contributed by atoms with Gasteiger partial charge in [0.25, 0.3) is 0 Å². The second-order valence-corrected chi connectivity index (χ2v) is 17.3. The number of hydrogen-bond donors (Lipinski definition) is 4. The fourth-order valence-electron chi connectivity index (χ4n) is 9.14. The van der Waals surface area contributed by atoms with E-state index in [2.05, 4.69) is 113 Å². The van der Waals surface area contributed by atoms with Crippen LogP contribution in [0.2, 0.25) is 0 Å². The molecule has 11 nitrogen and oxygen atoms in total. The summed E-state index contributed by atoms with van der Waals surface area (Å²) in [7, 11) is 1.32. The number of quaternary nitrogens is 1. The van der Waals surface area contributed by atoms with Crippen molar-refractivity contribution < 1.29 is 32.0 Å². The summed E-state index contributed by atoms with van der Waals surface area (Å²) in [5.41, 5.74) is 9.22. The molecule has 302 valence electrons. The van der Waals surface area contributed by atoms with E-state index in [-0.39, 0.29) is 47.8 Å². The number of H-pyrrole nitrogens is 2. The van der Waals surface area contributed by atoms with E-state index >= 15 is 0 Å². The van der Waals surface area contributed by atoms with E-state index < -0.39 is 12.1 Å². The number of hydrogen-bond acceptors (Lipinski definition) is 6. The van der Waals surface area contributed by atoms with Gasteiger partial charge < -0.3 is 47.5 Å². The number of anilines is 1. The number of carbonyl (C=O) groups is 2. The first-order valence-corrected chi connectivity index (χ1v) is 20.5. The summed E-state index contributed by atoms with van der Waals surface area (Å²) in [6, 6.07) is 24.8. The Morgan fingerprint density at radius 1 is 0.877 bits per heavy atom. The molecule has 0 bridgehead atoms. The van der Waals surface area contributed by atoms with Gasteiger partial charge in [0, 0.05) is 25.1 Å². The number of nitrogens with zero attached hydrogens (tertiary/aromatic N) is 4. The number of ether oxygens (including phenoxy) is 1. The normalized spacial score (nSPS) is 21.6. The second-order valence-electron chi connectivity index (χ2n) is 17.3. The topological polar surface area (TPSA) is 136 Å². The average molecular weight is 793 g/mol. The maximum Gasteiger partial charge on any atom is 0.407 e. The first-order valence-electron chi connectivity index (χ1n) is 20.5. The summed E-state index contributed by atoms with van der Waals surface area (Å²) in [4.78, 5) is 47.4. The molecule has 0 aliphatic carbocycles. The van der Waals surface area contributed by atoms with Gasteiger partial charge in [0.15, 0.2) is 5.82 Å². The van der Waals surface area contributed by atoms with Crippen molar-refractivity contribution in [2.75, 3.05) is 25.1 Å². The van der Waals surface area contributed by atoms with Gasteiger partial charge in [-0.25, -0.2) is 14.8 Å². The molecule has 5 aromatic rings. The van der Waals surface area contributed by atoms with Crippen molar-refractivity contribution in [1.82, 2.24) is 30.2 Å². The number of nitrogens with one attached hydrogen (secondary N) is 3. The lowest BCUT2D eigenvalue weighted by Crippen LogP contribution is -3.00. The smallest absolute Gasteiger partial charge is 0.407 e. The fourth-order valence-corrected chi connectivity index (χ4v) is 9.14. The predicted molar refractivity (Wildman–Crippen MR) is 219 cm³/mol. The SMILES string of the molecule is COC(=O)N[C@H](C(=O)N1CCC[C@H]1c1nc2ccc(C3CCC(c4ccc(-c5cnc([C@@H]6CCC[NH2+]6)[nH]5)cc4)N3c3ccc(C(C)(C)C)cc3)cc2[nH]1)C(C)C.[Cl-]. The summed E-state index contributed by atoms with van der Waals surface area (Å²) in [5.74, 6) is 1.66. The van der Waals surface area contributed by atoms with Crippen LogP contribution in [-0.2, 0) is 14.9 Å². The molecular weight excluding hydrogens is 736 g/mol. The van der Waals surface area contributed by atoms with Gasteiger partial charge in [0.05, 0.1) is 54.7 Å². The summed E-state index contributed by atoms with van der Waals surface area (Å²) >= 11 is 0. The Morgan fingerprint density at radius 3 is 2.26 bits per heavy atom. The number of imidazole rings is 2. The molecule has 2 aromatic heterocycles. The van der Waals surface area contributed by atoms with Crippen molar-refractivity contribution in [3.05, 3.63) is 101 Å². The Morgan fingerprint density at radius 2 is 1.60 bits per heavy atom. The van der Waals surface area contributed by atoms with E-state index in [1.807, 2.05) is 24.9 Å². The van der Waals surface area contributed by atoms with Crippen molar-refractivity contribution in [1.29, 1.82) is 0 Å². The molecule has 0 radical (unpaired) electrons. The first kappa shape index (κ1) is 40.3. The number of amides is 2. The highest BCUT2D eigenvalue weighted by molar-refractivity contribution is 5.86. The molecule has 3 fully saturated rings. The quantitative estimate of drug-likeness (QED) is 0.170. The van der Waals surface area contributed by atoms with Gasteiger partial charge in [-0.05, 0) is 83.5 Å². The van der Waals surface area contributed by atoms with E-state index in [4.69, 9.17) is 14.7 Å². The van der Waals surface area contributed by atoms with Crippen molar-refractivity contribution in [3.63, 3.8) is 0 Å². The maximum atomic E-state index is 13.8. The number of alkyl carbamates (subject to hydrolysis) is 1. The standard InChI is InChI=1S/C45H56N8O3.ClH/c1-27(2)40(51-44(55)56-6)43(54)52-24-8-10-39(52)42-48-33-20-15-30(25-35(33)49-42)38-22-21-37(53(38)32-18-16-31(17-19-32)45(3,4)5)29-13-11-28(12-14-29)36-26-47-41(50-36)34-9-7-23-46-34;/h11-20,25-27,34,37-40,46H,7-10,21-24H2,1-6H3,(H,47,50)(H,48,49)(H,51,55);1H/t34-,37?,38?,39-,40-;/m0./s1. The Bertz CT molecular complexity index is 2170. The van der Waals surface area contributed by atoms with Crippen molar-refractivity contribution in [2.24, 2.45) is 5.92 Å². The highest BCUT2D eigenvalue weighted by atomic mass is 35.5. The van der Waals surface area contributed by atoms with Crippen LogP contribution < -0.4 is 27.9 Å². The lowest BCUT2D eigenvalue weighted by Gasteiger charge is -2.34. The zero-order valence-electron chi connectivity index (χ0n) is 34.0. The zero-order chi connectivity index (χ0) is 39.1. The van der Waals surface area contributed by atoms with Crippen LogP contribution >= 0.6 is 0 Å². The molecule has 3 aromatic carbocycles. The number of benzene rings is 3. The monoisotopic (exact) mass is 792 g/mol. The number of methoxy groups -OCH3 is 1. The van der Waals surface area contributed by atoms with Crippen LogP contribution in [0.1, 0.15) is 126 Å². The number of nitrogens with two attached hydrogens (primary N) is 1. The number of aromatic nitrogens is 4. The van der Waals surface area contributed by atoms with Gasteiger partial charge in [-0.1, -0.05) is 77.1 Å². The van der Waals surface area contributed by atoms with Crippen LogP contribution in [0.15, 0.2) is 72.9 Å². The molecule has 0 saturated carbocycles. The van der Waals surface area contributed by atoms with Crippen molar-refractivity contribution in [2.45, 2.75) is 109 Å². The molecule has 3 aliphatic rings. The Kier molecular flexibility index (Phi) is 11.7.